The Hall–Kier alpha value is -0.160. The van der Waals surface area contributed by atoms with E-state index in [-0.39, 0.29) is 23.4 Å². The third kappa shape index (κ3) is 1.98. The Morgan fingerprint density at radius 3 is 2.52 bits per heavy atom. The van der Waals surface area contributed by atoms with Crippen molar-refractivity contribution in [3.63, 3.8) is 0 Å². The molecule has 4 rings (SSSR count). The van der Waals surface area contributed by atoms with Crippen molar-refractivity contribution in [2.75, 3.05) is 6.61 Å². The fraction of sp³-hybridized carbons (Fsp3) is 1.00. The maximum atomic E-state index is 10.9. The summed E-state index contributed by atoms with van der Waals surface area (Å²) < 4.78 is 0. The predicted molar refractivity (Wildman–Crippen MR) is 86.7 cm³/mol. The number of aliphatic hydroxyl groups is 2. The fourth-order valence-corrected chi connectivity index (χ4v) is 7.86. The van der Waals surface area contributed by atoms with Crippen molar-refractivity contribution in [2.45, 2.75) is 82.8 Å². The SMILES string of the molecule is C[C@@]12CCC[C@](C)(OO)[C@H]1CC[C@@]13C[C@@H](CC[C@@H]12)[C@](O)(CO)C3. The lowest BCUT2D eigenvalue weighted by Crippen LogP contribution is -2.59. The van der Waals surface area contributed by atoms with Gasteiger partial charge in [-0.1, -0.05) is 6.92 Å². The summed E-state index contributed by atoms with van der Waals surface area (Å²) in [5.74, 6) is 1.25. The van der Waals surface area contributed by atoms with Crippen LogP contribution in [-0.2, 0) is 4.89 Å². The van der Waals surface area contributed by atoms with Crippen LogP contribution in [0, 0.1) is 28.6 Å². The first-order valence-electron chi connectivity index (χ1n) is 9.48. The summed E-state index contributed by atoms with van der Waals surface area (Å²) in [6.45, 7) is 4.40. The first-order chi connectivity index (χ1) is 10.8. The molecule has 1 spiro atoms. The molecule has 132 valence electrons. The Bertz CT molecular complexity index is 496. The molecule has 0 unspecified atom stereocenters. The van der Waals surface area contributed by atoms with E-state index in [1.165, 1.54) is 6.42 Å². The van der Waals surface area contributed by atoms with Crippen LogP contribution >= 0.6 is 0 Å². The molecule has 7 atom stereocenters. The topological polar surface area (TPSA) is 69.9 Å². The van der Waals surface area contributed by atoms with E-state index in [0.717, 1.165) is 51.4 Å². The van der Waals surface area contributed by atoms with Crippen molar-refractivity contribution in [3.05, 3.63) is 0 Å². The highest BCUT2D eigenvalue weighted by Gasteiger charge is 2.67. The van der Waals surface area contributed by atoms with Gasteiger partial charge in [0.2, 0.25) is 0 Å². The zero-order valence-electron chi connectivity index (χ0n) is 14.6. The van der Waals surface area contributed by atoms with Gasteiger partial charge >= 0.3 is 0 Å². The van der Waals surface area contributed by atoms with Crippen molar-refractivity contribution in [1.82, 2.24) is 0 Å². The van der Waals surface area contributed by atoms with E-state index in [9.17, 15) is 15.5 Å². The van der Waals surface area contributed by atoms with Crippen molar-refractivity contribution in [3.8, 4) is 0 Å². The molecule has 0 aromatic carbocycles. The van der Waals surface area contributed by atoms with E-state index in [1.54, 1.807) is 0 Å². The molecule has 0 amide bonds. The van der Waals surface area contributed by atoms with Crippen molar-refractivity contribution in [1.29, 1.82) is 0 Å². The summed E-state index contributed by atoms with van der Waals surface area (Å²) in [7, 11) is 0. The maximum Gasteiger partial charge on any atom is 0.104 e. The highest BCUT2D eigenvalue weighted by Crippen LogP contribution is 2.72. The van der Waals surface area contributed by atoms with Crippen LogP contribution in [0.25, 0.3) is 0 Å². The summed E-state index contributed by atoms with van der Waals surface area (Å²) in [4.78, 5) is 5.04. The van der Waals surface area contributed by atoms with Crippen LogP contribution in [0.4, 0.5) is 0 Å². The lowest BCUT2D eigenvalue weighted by molar-refractivity contribution is -0.359. The lowest BCUT2D eigenvalue weighted by atomic mass is 9.43. The first-order valence-corrected chi connectivity index (χ1v) is 9.48. The third-order valence-corrected chi connectivity index (χ3v) is 8.75. The second kappa shape index (κ2) is 4.94. The van der Waals surface area contributed by atoms with Gasteiger partial charge in [-0.15, -0.1) is 0 Å². The largest absolute Gasteiger partial charge is 0.393 e. The van der Waals surface area contributed by atoms with Gasteiger partial charge in [0.25, 0.3) is 0 Å². The molecule has 4 nitrogen and oxygen atoms in total. The van der Waals surface area contributed by atoms with Crippen LogP contribution in [0.15, 0.2) is 0 Å². The number of hydrogen-bond donors (Lipinski definition) is 3. The van der Waals surface area contributed by atoms with Gasteiger partial charge in [-0.25, -0.2) is 4.89 Å². The summed E-state index contributed by atoms with van der Waals surface area (Å²) in [6.07, 6.45) is 9.44. The first kappa shape index (κ1) is 16.3. The Balaban J connectivity index is 1.71. The molecule has 0 heterocycles. The highest BCUT2D eigenvalue weighted by atomic mass is 17.1. The lowest BCUT2D eigenvalue weighted by Gasteiger charge is -2.63. The van der Waals surface area contributed by atoms with Crippen LogP contribution in [0.3, 0.4) is 0 Å². The van der Waals surface area contributed by atoms with Gasteiger partial charge in [0.05, 0.1) is 12.2 Å². The van der Waals surface area contributed by atoms with Gasteiger partial charge in [-0.2, -0.15) is 0 Å². The van der Waals surface area contributed by atoms with Gasteiger partial charge in [0, 0.05) is 0 Å². The zero-order valence-corrected chi connectivity index (χ0v) is 14.6. The van der Waals surface area contributed by atoms with Gasteiger partial charge < -0.3 is 10.2 Å². The van der Waals surface area contributed by atoms with E-state index in [0.29, 0.717) is 11.8 Å². The van der Waals surface area contributed by atoms with Crippen LogP contribution in [-0.4, -0.2) is 33.3 Å². The molecule has 4 saturated carbocycles. The minimum atomic E-state index is -0.858. The second-order valence-electron chi connectivity index (χ2n) is 9.69. The average molecular weight is 324 g/mol. The van der Waals surface area contributed by atoms with Crippen LogP contribution in [0.5, 0.6) is 0 Å². The summed E-state index contributed by atoms with van der Waals surface area (Å²) in [5.41, 5.74) is -0.903. The van der Waals surface area contributed by atoms with Crippen LogP contribution in [0.1, 0.15) is 71.6 Å². The quantitative estimate of drug-likeness (QED) is 0.538. The number of rotatable bonds is 2. The second-order valence-corrected chi connectivity index (χ2v) is 9.69. The summed E-state index contributed by atoms with van der Waals surface area (Å²) >= 11 is 0. The van der Waals surface area contributed by atoms with Crippen molar-refractivity contribution >= 4 is 0 Å². The molecule has 4 heteroatoms. The maximum absolute atomic E-state index is 10.9. The monoisotopic (exact) mass is 324 g/mol. The normalized spacial score (nSPS) is 58.6. The van der Waals surface area contributed by atoms with Gasteiger partial charge in [0.1, 0.15) is 5.60 Å². The van der Waals surface area contributed by atoms with E-state index in [1.807, 2.05) is 0 Å². The van der Waals surface area contributed by atoms with Crippen LogP contribution in [0.2, 0.25) is 0 Å². The average Bonchev–Trinajstić information content (AvgIpc) is 2.74. The predicted octanol–water partition coefficient (Wildman–Crippen LogP) is 3.36. The molecule has 0 radical (unpaired) electrons. The minimum absolute atomic E-state index is 0.0935. The molecule has 3 N–H and O–H groups in total. The van der Waals surface area contributed by atoms with E-state index in [4.69, 9.17) is 4.89 Å². The Morgan fingerprint density at radius 2 is 1.83 bits per heavy atom. The molecule has 0 aromatic rings. The van der Waals surface area contributed by atoms with Crippen LogP contribution < -0.4 is 0 Å². The van der Waals surface area contributed by atoms with E-state index in [2.05, 4.69) is 13.8 Å². The van der Waals surface area contributed by atoms with Gasteiger partial charge in [-0.05, 0) is 93.3 Å². The summed E-state index contributed by atoms with van der Waals surface area (Å²) in [6, 6.07) is 0. The Morgan fingerprint density at radius 1 is 1.04 bits per heavy atom. The van der Waals surface area contributed by atoms with Crippen molar-refractivity contribution < 1.29 is 20.4 Å². The van der Waals surface area contributed by atoms with Gasteiger partial charge in [0.15, 0.2) is 0 Å². The van der Waals surface area contributed by atoms with E-state index < -0.39 is 11.2 Å². The molecule has 0 saturated heterocycles. The zero-order chi connectivity index (χ0) is 16.5. The molecule has 4 aliphatic rings. The smallest absolute Gasteiger partial charge is 0.104 e. The number of aliphatic hydroxyl groups excluding tert-OH is 1. The minimum Gasteiger partial charge on any atom is -0.393 e. The molecule has 4 fully saturated rings. The molecule has 0 aromatic heterocycles. The van der Waals surface area contributed by atoms with Crippen molar-refractivity contribution in [2.24, 2.45) is 28.6 Å². The Kier molecular flexibility index (Phi) is 3.50. The molecular weight excluding hydrogens is 292 g/mol. The number of hydrogen-bond acceptors (Lipinski definition) is 4. The molecule has 23 heavy (non-hydrogen) atoms. The fourth-order valence-electron chi connectivity index (χ4n) is 7.86. The van der Waals surface area contributed by atoms with E-state index >= 15 is 0 Å². The Labute approximate surface area is 139 Å². The number of fused-ring (bicyclic) bond motifs is 3. The van der Waals surface area contributed by atoms with Gasteiger partial charge in [-0.3, -0.25) is 5.26 Å². The molecular formula is C19H32O4. The third-order valence-electron chi connectivity index (χ3n) is 8.75. The highest BCUT2D eigenvalue weighted by molar-refractivity contribution is 5.17. The molecule has 0 aliphatic heterocycles. The standard InChI is InChI=1S/C19H32O4/c1-16-7-3-8-17(2,23-22)14(16)6-9-18-10-13(4-5-15(16)18)19(21,11-18)12-20/h13-15,20-22H,3-12H2,1-2H3/t13-,14+,15-,16-,17+,18+,19-/m1/s1. The summed E-state index contributed by atoms with van der Waals surface area (Å²) in [5, 5.41) is 30.3. The molecule has 2 bridgehead atoms. The molecule has 4 aliphatic carbocycles.